The molecule has 0 heterocycles. The van der Waals surface area contributed by atoms with Crippen molar-refractivity contribution >= 4 is 11.5 Å². The first kappa shape index (κ1) is 12.3. The van der Waals surface area contributed by atoms with Crippen molar-refractivity contribution in [2.75, 3.05) is 14.2 Å². The van der Waals surface area contributed by atoms with Crippen LogP contribution in [0.3, 0.4) is 0 Å². The highest BCUT2D eigenvalue weighted by molar-refractivity contribution is 6.16. The Bertz CT molecular complexity index is 408. The molecule has 0 spiro atoms. The van der Waals surface area contributed by atoms with Crippen molar-refractivity contribution in [3.63, 3.8) is 0 Å². The number of esters is 1. The zero-order valence-corrected chi connectivity index (χ0v) is 9.87. The summed E-state index contributed by atoms with van der Waals surface area (Å²) in [5, 5.41) is 0. The van der Waals surface area contributed by atoms with E-state index in [0.29, 0.717) is 16.9 Å². The average Bonchev–Trinajstić information content (AvgIpc) is 2.35. The molecular weight excluding hydrogens is 204 g/mol. The molecule has 1 rings (SSSR count). The lowest BCUT2D eigenvalue weighted by Gasteiger charge is -2.11. The van der Waals surface area contributed by atoms with Crippen LogP contribution in [-0.4, -0.2) is 20.2 Å². The monoisotopic (exact) mass is 220 g/mol. The van der Waals surface area contributed by atoms with E-state index in [9.17, 15) is 4.79 Å². The van der Waals surface area contributed by atoms with Crippen molar-refractivity contribution in [1.29, 1.82) is 0 Å². The van der Waals surface area contributed by atoms with Crippen LogP contribution in [-0.2, 0) is 16.0 Å². The molecular formula is C13H16O3. The molecule has 0 atom stereocenters. The molecule has 0 saturated heterocycles. The number of rotatable bonds is 4. The van der Waals surface area contributed by atoms with Gasteiger partial charge in [0.2, 0.25) is 0 Å². The van der Waals surface area contributed by atoms with Gasteiger partial charge in [0.1, 0.15) is 5.75 Å². The molecule has 0 bridgehead atoms. The Labute approximate surface area is 95.7 Å². The van der Waals surface area contributed by atoms with E-state index < -0.39 is 5.97 Å². The second-order valence-electron chi connectivity index (χ2n) is 3.36. The third kappa shape index (κ3) is 2.42. The Morgan fingerprint density at radius 2 is 2.06 bits per heavy atom. The summed E-state index contributed by atoms with van der Waals surface area (Å²) in [6.45, 7) is 5.77. The van der Waals surface area contributed by atoms with Gasteiger partial charge in [0, 0.05) is 5.56 Å². The average molecular weight is 220 g/mol. The van der Waals surface area contributed by atoms with Gasteiger partial charge in [0.05, 0.1) is 19.8 Å². The van der Waals surface area contributed by atoms with Crippen LogP contribution in [0.2, 0.25) is 0 Å². The van der Waals surface area contributed by atoms with Crippen LogP contribution in [0.25, 0.3) is 5.57 Å². The molecule has 86 valence electrons. The van der Waals surface area contributed by atoms with E-state index in [0.717, 1.165) is 12.0 Å². The molecule has 0 aliphatic heterocycles. The Morgan fingerprint density at radius 1 is 1.38 bits per heavy atom. The van der Waals surface area contributed by atoms with E-state index >= 15 is 0 Å². The van der Waals surface area contributed by atoms with E-state index in [2.05, 4.69) is 11.3 Å². The summed E-state index contributed by atoms with van der Waals surface area (Å²) in [6.07, 6.45) is 0.894. The lowest BCUT2D eigenvalue weighted by Crippen LogP contribution is -2.04. The number of hydrogen-bond acceptors (Lipinski definition) is 3. The van der Waals surface area contributed by atoms with Gasteiger partial charge in [-0.1, -0.05) is 19.6 Å². The fourth-order valence-electron chi connectivity index (χ4n) is 1.44. The van der Waals surface area contributed by atoms with Gasteiger partial charge in [-0.05, 0) is 24.1 Å². The molecule has 0 amide bonds. The van der Waals surface area contributed by atoms with Crippen LogP contribution in [0.5, 0.6) is 5.75 Å². The van der Waals surface area contributed by atoms with Gasteiger partial charge in [0.25, 0.3) is 0 Å². The molecule has 0 aromatic heterocycles. The number of benzene rings is 1. The first-order chi connectivity index (χ1) is 7.63. The predicted molar refractivity (Wildman–Crippen MR) is 63.4 cm³/mol. The molecule has 0 N–H and O–H groups in total. The molecule has 1 aromatic rings. The highest BCUT2D eigenvalue weighted by Gasteiger charge is 2.14. The van der Waals surface area contributed by atoms with Crippen LogP contribution in [0, 0.1) is 0 Å². The SMILES string of the molecule is C=C(C(=O)OC)c1cc(CC)ccc1OC. The Balaban J connectivity index is 3.18. The van der Waals surface area contributed by atoms with Gasteiger partial charge in [-0.3, -0.25) is 0 Å². The second kappa shape index (κ2) is 5.35. The predicted octanol–water partition coefficient (Wildman–Crippen LogP) is 2.44. The number of aryl methyl sites for hydroxylation is 1. The highest BCUT2D eigenvalue weighted by Crippen LogP contribution is 2.27. The van der Waals surface area contributed by atoms with Crippen LogP contribution in [0.1, 0.15) is 18.1 Å². The number of methoxy groups -OCH3 is 2. The summed E-state index contributed by atoms with van der Waals surface area (Å²) in [7, 11) is 2.90. The minimum atomic E-state index is -0.438. The molecule has 0 fully saturated rings. The smallest absolute Gasteiger partial charge is 0.337 e. The Kier molecular flexibility index (Phi) is 4.11. The van der Waals surface area contributed by atoms with Gasteiger partial charge < -0.3 is 9.47 Å². The zero-order chi connectivity index (χ0) is 12.1. The standard InChI is InChI=1S/C13H16O3/c1-5-10-6-7-12(15-3)11(8-10)9(2)13(14)16-4/h6-8H,2,5H2,1,3-4H3. The van der Waals surface area contributed by atoms with Gasteiger partial charge in [-0.2, -0.15) is 0 Å². The van der Waals surface area contributed by atoms with Crippen molar-refractivity contribution in [3.8, 4) is 5.75 Å². The summed E-state index contributed by atoms with van der Waals surface area (Å²) in [6, 6.07) is 5.70. The quantitative estimate of drug-likeness (QED) is 0.577. The van der Waals surface area contributed by atoms with Crippen molar-refractivity contribution in [2.24, 2.45) is 0 Å². The lowest BCUT2D eigenvalue weighted by molar-refractivity contribution is -0.133. The molecule has 3 heteroatoms. The topological polar surface area (TPSA) is 35.5 Å². The molecule has 16 heavy (non-hydrogen) atoms. The molecule has 1 aromatic carbocycles. The summed E-state index contributed by atoms with van der Waals surface area (Å²) in [5.74, 6) is 0.194. The first-order valence-electron chi connectivity index (χ1n) is 5.08. The van der Waals surface area contributed by atoms with Gasteiger partial charge in [0.15, 0.2) is 0 Å². The summed E-state index contributed by atoms with van der Waals surface area (Å²) >= 11 is 0. The zero-order valence-electron chi connectivity index (χ0n) is 9.87. The maximum absolute atomic E-state index is 11.4. The molecule has 0 aliphatic carbocycles. The molecule has 0 radical (unpaired) electrons. The van der Waals surface area contributed by atoms with Crippen LogP contribution in [0.15, 0.2) is 24.8 Å². The lowest BCUT2D eigenvalue weighted by atomic mass is 10.0. The van der Waals surface area contributed by atoms with E-state index in [4.69, 9.17) is 4.74 Å². The fraction of sp³-hybridized carbons (Fsp3) is 0.308. The van der Waals surface area contributed by atoms with Crippen LogP contribution < -0.4 is 4.74 Å². The highest BCUT2D eigenvalue weighted by atomic mass is 16.5. The largest absolute Gasteiger partial charge is 0.496 e. The molecule has 0 saturated carbocycles. The fourth-order valence-corrected chi connectivity index (χ4v) is 1.44. The molecule has 3 nitrogen and oxygen atoms in total. The minimum Gasteiger partial charge on any atom is -0.496 e. The Hall–Kier alpha value is -1.77. The number of carbonyl (C=O) groups excluding carboxylic acids is 1. The normalized spacial score (nSPS) is 9.69. The number of hydrogen-bond donors (Lipinski definition) is 0. The minimum absolute atomic E-state index is 0.314. The second-order valence-corrected chi connectivity index (χ2v) is 3.36. The van der Waals surface area contributed by atoms with E-state index in [1.54, 1.807) is 7.11 Å². The summed E-state index contributed by atoms with van der Waals surface area (Å²) in [5.41, 5.74) is 2.13. The number of carbonyl (C=O) groups is 1. The van der Waals surface area contributed by atoms with E-state index in [1.807, 2.05) is 25.1 Å². The maximum atomic E-state index is 11.4. The van der Waals surface area contributed by atoms with E-state index in [1.165, 1.54) is 7.11 Å². The molecule has 0 aliphatic rings. The van der Waals surface area contributed by atoms with Crippen molar-refractivity contribution < 1.29 is 14.3 Å². The van der Waals surface area contributed by atoms with Crippen molar-refractivity contribution in [3.05, 3.63) is 35.9 Å². The van der Waals surface area contributed by atoms with Crippen molar-refractivity contribution in [1.82, 2.24) is 0 Å². The molecule has 0 unspecified atom stereocenters. The van der Waals surface area contributed by atoms with Gasteiger partial charge in [-0.25, -0.2) is 4.79 Å². The Morgan fingerprint density at radius 3 is 2.56 bits per heavy atom. The maximum Gasteiger partial charge on any atom is 0.337 e. The van der Waals surface area contributed by atoms with Gasteiger partial charge >= 0.3 is 5.97 Å². The van der Waals surface area contributed by atoms with Crippen LogP contribution >= 0.6 is 0 Å². The van der Waals surface area contributed by atoms with Crippen molar-refractivity contribution in [2.45, 2.75) is 13.3 Å². The third-order valence-corrected chi connectivity index (χ3v) is 2.43. The van der Waals surface area contributed by atoms with E-state index in [-0.39, 0.29) is 0 Å². The summed E-state index contributed by atoms with van der Waals surface area (Å²) < 4.78 is 9.84. The third-order valence-electron chi connectivity index (χ3n) is 2.43. The first-order valence-corrected chi connectivity index (χ1v) is 5.08. The number of ether oxygens (including phenoxy) is 2. The van der Waals surface area contributed by atoms with Gasteiger partial charge in [-0.15, -0.1) is 0 Å². The van der Waals surface area contributed by atoms with Crippen LogP contribution in [0.4, 0.5) is 0 Å². The summed E-state index contributed by atoms with van der Waals surface area (Å²) in [4.78, 5) is 11.4.